The van der Waals surface area contributed by atoms with Crippen LogP contribution in [0.25, 0.3) is 16.6 Å². The molecule has 3 aromatic heterocycles. The molecule has 9 heteroatoms. The van der Waals surface area contributed by atoms with Crippen molar-refractivity contribution in [3.05, 3.63) is 53.9 Å². The number of anilines is 2. The highest BCUT2D eigenvalue weighted by Gasteiger charge is 2.28. The van der Waals surface area contributed by atoms with Crippen molar-refractivity contribution in [2.24, 2.45) is 13.0 Å². The lowest BCUT2D eigenvalue weighted by molar-refractivity contribution is 0.102. The van der Waals surface area contributed by atoms with Crippen LogP contribution < -0.4 is 15.5 Å². The quantitative estimate of drug-likeness (QED) is 0.460. The molecule has 1 aliphatic carbocycles. The number of fused-ring (bicyclic) bond motifs is 2. The van der Waals surface area contributed by atoms with E-state index in [1.807, 2.05) is 25.4 Å². The number of benzene rings is 1. The number of rotatable bonds is 6. The van der Waals surface area contributed by atoms with Crippen LogP contribution in [0.3, 0.4) is 0 Å². The number of nitrogens with one attached hydrogen (secondary N) is 2. The molecule has 1 aromatic carbocycles. The predicted molar refractivity (Wildman–Crippen MR) is 130 cm³/mol. The highest BCUT2D eigenvalue weighted by atomic mass is 19.1. The van der Waals surface area contributed by atoms with E-state index in [1.54, 1.807) is 28.4 Å². The minimum atomic E-state index is -0.483. The molecular weight excluding hydrogens is 433 g/mol. The summed E-state index contributed by atoms with van der Waals surface area (Å²) in [6, 6.07) is 5.61. The first kappa shape index (κ1) is 21.1. The Morgan fingerprint density at radius 3 is 2.88 bits per heavy atom. The predicted octanol–water partition coefficient (Wildman–Crippen LogP) is 3.50. The number of aryl methyl sites for hydroxylation is 2. The summed E-state index contributed by atoms with van der Waals surface area (Å²) in [5.41, 5.74) is 3.51. The van der Waals surface area contributed by atoms with Crippen LogP contribution in [0, 0.1) is 18.7 Å². The van der Waals surface area contributed by atoms with Gasteiger partial charge in [-0.2, -0.15) is 5.10 Å². The van der Waals surface area contributed by atoms with Crippen LogP contribution in [-0.2, 0) is 7.05 Å². The fourth-order valence-electron chi connectivity index (χ4n) is 4.91. The van der Waals surface area contributed by atoms with Crippen LogP contribution in [0.5, 0.6) is 0 Å². The first-order chi connectivity index (χ1) is 16.4. The number of aromatic nitrogens is 4. The summed E-state index contributed by atoms with van der Waals surface area (Å²) in [6.45, 7) is 4.84. The molecule has 2 fully saturated rings. The molecule has 0 radical (unpaired) electrons. The van der Waals surface area contributed by atoms with Gasteiger partial charge in [-0.15, -0.1) is 0 Å². The molecule has 0 bridgehead atoms. The summed E-state index contributed by atoms with van der Waals surface area (Å²) >= 11 is 0. The van der Waals surface area contributed by atoms with E-state index in [0.29, 0.717) is 28.5 Å². The zero-order valence-corrected chi connectivity index (χ0v) is 19.4. The maximum absolute atomic E-state index is 14.5. The molecule has 4 aromatic rings. The average molecular weight is 462 g/mol. The standard InChI is InChI=1S/C25H28FN7O/c1-15-11-33-13-18(9-21(26)24(33)28-15)29-25(34)19-5-6-22(20-14-31(2)30-23(19)20)32-8-7-17(12-32)27-10-16-3-4-16/h5-6,9,11,13-14,16-17,27H,3-4,7-8,10,12H2,1-2H3,(H,29,34)/t17-/m1/s1. The van der Waals surface area contributed by atoms with Gasteiger partial charge in [-0.25, -0.2) is 9.37 Å². The van der Waals surface area contributed by atoms with Crippen molar-refractivity contribution in [2.75, 3.05) is 29.9 Å². The van der Waals surface area contributed by atoms with E-state index in [9.17, 15) is 9.18 Å². The molecule has 2 N–H and O–H groups in total. The smallest absolute Gasteiger partial charge is 0.257 e. The third-order valence-electron chi connectivity index (χ3n) is 6.82. The van der Waals surface area contributed by atoms with E-state index in [4.69, 9.17) is 0 Å². The van der Waals surface area contributed by atoms with Gasteiger partial charge < -0.3 is 19.9 Å². The van der Waals surface area contributed by atoms with Crippen molar-refractivity contribution in [3.63, 3.8) is 0 Å². The van der Waals surface area contributed by atoms with Crippen LogP contribution in [0.2, 0.25) is 0 Å². The van der Waals surface area contributed by atoms with Crippen LogP contribution >= 0.6 is 0 Å². The summed E-state index contributed by atoms with van der Waals surface area (Å²) in [4.78, 5) is 19.7. The minimum absolute atomic E-state index is 0.238. The first-order valence-electron chi connectivity index (χ1n) is 11.9. The topological polar surface area (TPSA) is 79.5 Å². The Balaban J connectivity index is 1.26. The average Bonchev–Trinajstić information content (AvgIpc) is 3.16. The second-order valence-corrected chi connectivity index (χ2v) is 9.62. The second-order valence-electron chi connectivity index (χ2n) is 9.62. The molecule has 34 heavy (non-hydrogen) atoms. The second kappa shape index (κ2) is 8.09. The van der Waals surface area contributed by atoms with Gasteiger partial charge in [-0.3, -0.25) is 9.48 Å². The van der Waals surface area contributed by atoms with Gasteiger partial charge in [-0.1, -0.05) is 0 Å². The van der Waals surface area contributed by atoms with Gasteiger partial charge in [0.15, 0.2) is 11.5 Å². The van der Waals surface area contributed by atoms with Crippen molar-refractivity contribution in [3.8, 4) is 0 Å². The Hall–Kier alpha value is -3.46. The highest BCUT2D eigenvalue weighted by Crippen LogP contribution is 2.32. The number of carbonyl (C=O) groups is 1. The number of pyridine rings is 1. The molecule has 1 atom stereocenters. The molecule has 1 aliphatic heterocycles. The summed E-state index contributed by atoms with van der Waals surface area (Å²) in [5, 5.41) is 12.1. The molecule has 1 saturated heterocycles. The Bertz CT molecular complexity index is 1400. The van der Waals surface area contributed by atoms with Crippen molar-refractivity contribution >= 4 is 33.8 Å². The van der Waals surface area contributed by atoms with Gasteiger partial charge in [-0.05, 0) is 50.8 Å². The Labute approximate surface area is 196 Å². The number of hydrogen-bond acceptors (Lipinski definition) is 5. The minimum Gasteiger partial charge on any atom is -0.369 e. The maximum Gasteiger partial charge on any atom is 0.257 e. The van der Waals surface area contributed by atoms with Crippen LogP contribution in [0.15, 0.2) is 36.8 Å². The maximum atomic E-state index is 14.5. The van der Waals surface area contributed by atoms with Gasteiger partial charge in [0.05, 0.1) is 16.9 Å². The first-order valence-corrected chi connectivity index (χ1v) is 11.9. The molecule has 4 heterocycles. The van der Waals surface area contributed by atoms with E-state index in [0.717, 1.165) is 43.0 Å². The lowest BCUT2D eigenvalue weighted by Gasteiger charge is -2.20. The van der Waals surface area contributed by atoms with Crippen LogP contribution in [0.4, 0.5) is 15.8 Å². The number of nitrogens with zero attached hydrogens (tertiary/aromatic N) is 5. The normalized spacial score (nSPS) is 18.3. The monoisotopic (exact) mass is 461 g/mol. The molecule has 8 nitrogen and oxygen atoms in total. The van der Waals surface area contributed by atoms with Crippen molar-refractivity contribution < 1.29 is 9.18 Å². The molecule has 0 unspecified atom stereocenters. The zero-order chi connectivity index (χ0) is 23.4. The molecule has 176 valence electrons. The Morgan fingerprint density at radius 1 is 1.21 bits per heavy atom. The van der Waals surface area contributed by atoms with Crippen molar-refractivity contribution in [2.45, 2.75) is 32.2 Å². The fourth-order valence-corrected chi connectivity index (χ4v) is 4.91. The SMILES string of the molecule is Cc1cn2cc(NC(=O)c3ccc(N4CC[C@@H](NCC5CC5)C4)c4cn(C)nc34)cc(F)c2n1. The summed E-state index contributed by atoms with van der Waals surface area (Å²) in [6.07, 6.45) is 9.17. The lowest BCUT2D eigenvalue weighted by Crippen LogP contribution is -2.33. The van der Waals surface area contributed by atoms with E-state index in [-0.39, 0.29) is 11.6 Å². The third-order valence-corrected chi connectivity index (χ3v) is 6.82. The molecule has 2 aliphatic rings. The summed E-state index contributed by atoms with van der Waals surface area (Å²) < 4.78 is 17.8. The third kappa shape index (κ3) is 3.90. The van der Waals surface area contributed by atoms with E-state index >= 15 is 0 Å². The van der Waals surface area contributed by atoms with Crippen LogP contribution in [-0.4, -0.2) is 50.7 Å². The molecule has 1 amide bonds. The van der Waals surface area contributed by atoms with Crippen LogP contribution in [0.1, 0.15) is 35.3 Å². The van der Waals surface area contributed by atoms with Gasteiger partial charge in [0.1, 0.15) is 5.52 Å². The van der Waals surface area contributed by atoms with Gasteiger partial charge in [0, 0.05) is 61.9 Å². The summed E-state index contributed by atoms with van der Waals surface area (Å²) in [5.74, 6) is 0.0585. The largest absolute Gasteiger partial charge is 0.369 e. The Kier molecular flexibility index (Phi) is 5.02. The van der Waals surface area contributed by atoms with E-state index < -0.39 is 5.82 Å². The molecule has 6 rings (SSSR count). The number of imidazole rings is 1. The van der Waals surface area contributed by atoms with E-state index in [1.165, 1.54) is 18.9 Å². The zero-order valence-electron chi connectivity index (χ0n) is 19.4. The Morgan fingerprint density at radius 2 is 2.06 bits per heavy atom. The van der Waals surface area contributed by atoms with Gasteiger partial charge in [0.25, 0.3) is 5.91 Å². The highest BCUT2D eigenvalue weighted by molar-refractivity contribution is 6.13. The summed E-state index contributed by atoms with van der Waals surface area (Å²) in [7, 11) is 1.86. The molecule has 0 spiro atoms. The number of carbonyl (C=O) groups excluding carboxylic acids is 1. The van der Waals surface area contributed by atoms with Crippen molar-refractivity contribution in [1.82, 2.24) is 24.5 Å². The molecule has 1 saturated carbocycles. The number of amides is 1. The van der Waals surface area contributed by atoms with Gasteiger partial charge >= 0.3 is 0 Å². The number of halogens is 1. The van der Waals surface area contributed by atoms with Gasteiger partial charge in [0.2, 0.25) is 0 Å². The van der Waals surface area contributed by atoms with E-state index in [2.05, 4.69) is 25.6 Å². The fraction of sp³-hybridized carbons (Fsp3) is 0.400. The van der Waals surface area contributed by atoms with Crippen molar-refractivity contribution in [1.29, 1.82) is 0 Å². The lowest BCUT2D eigenvalue weighted by atomic mass is 10.1. The number of hydrogen-bond donors (Lipinski definition) is 2. The molecular formula is C25H28FN7O.